The Hall–Kier alpha value is -1.96. The van der Waals surface area contributed by atoms with Gasteiger partial charge in [0.15, 0.2) is 0 Å². The Morgan fingerprint density at radius 3 is 1.90 bits per heavy atom. The van der Waals surface area contributed by atoms with Gasteiger partial charge in [0, 0.05) is 0 Å². The van der Waals surface area contributed by atoms with E-state index < -0.39 is 46.9 Å². The van der Waals surface area contributed by atoms with Gasteiger partial charge in [0.1, 0.15) is 12.2 Å². The van der Waals surface area contributed by atoms with E-state index in [-0.39, 0.29) is 24.6 Å². The van der Waals surface area contributed by atoms with Crippen LogP contribution in [0.5, 0.6) is 0 Å². The fourth-order valence-corrected chi connectivity index (χ4v) is 11.5. The van der Waals surface area contributed by atoms with Crippen molar-refractivity contribution >= 4 is 23.9 Å². The summed E-state index contributed by atoms with van der Waals surface area (Å²) >= 11 is 0. The Labute approximate surface area is 249 Å². The minimum Gasteiger partial charge on any atom is -0.463 e. The third-order valence-corrected chi connectivity index (χ3v) is 13.1. The van der Waals surface area contributed by atoms with Crippen LogP contribution in [0.4, 0.5) is 0 Å². The molecule has 1 aliphatic heterocycles. The predicted molar refractivity (Wildman–Crippen MR) is 150 cm³/mol. The van der Waals surface area contributed by atoms with Crippen LogP contribution in [0.2, 0.25) is 0 Å². The molecule has 3 unspecified atom stereocenters. The Bertz CT molecular complexity index is 1090. The van der Waals surface area contributed by atoms with Gasteiger partial charge in [-0.05, 0) is 140 Å². The van der Waals surface area contributed by atoms with Crippen LogP contribution in [-0.2, 0) is 38.1 Å². The van der Waals surface area contributed by atoms with Crippen molar-refractivity contribution in [1.29, 1.82) is 0 Å². The zero-order valence-corrected chi connectivity index (χ0v) is 25.7. The van der Waals surface area contributed by atoms with Crippen molar-refractivity contribution in [2.45, 2.75) is 110 Å². The number of carbonyl (C=O) groups excluding carboxylic acids is 4. The average molecular weight is 585 g/mol. The van der Waals surface area contributed by atoms with Gasteiger partial charge in [0.05, 0.1) is 35.4 Å². The van der Waals surface area contributed by atoms with Crippen molar-refractivity contribution in [3.05, 3.63) is 0 Å². The Balaban J connectivity index is 0.965. The highest BCUT2D eigenvalue weighted by molar-refractivity contribution is 6.00. The van der Waals surface area contributed by atoms with Crippen LogP contribution in [0.15, 0.2) is 0 Å². The lowest BCUT2D eigenvalue weighted by molar-refractivity contribution is -0.214. The summed E-state index contributed by atoms with van der Waals surface area (Å²) in [5, 5.41) is 0. The molecule has 9 aliphatic rings. The Kier molecular flexibility index (Phi) is 6.88. The molecule has 0 N–H and O–H groups in total. The maximum absolute atomic E-state index is 13.8. The van der Waals surface area contributed by atoms with Gasteiger partial charge in [-0.25, -0.2) is 0 Å². The van der Waals surface area contributed by atoms with Crippen LogP contribution in [0.1, 0.15) is 98.3 Å². The second kappa shape index (κ2) is 10.0. The summed E-state index contributed by atoms with van der Waals surface area (Å²) in [4.78, 5) is 52.9. The van der Waals surface area contributed by atoms with Crippen molar-refractivity contribution in [3.63, 3.8) is 0 Å². The molecule has 9 rings (SSSR count). The third kappa shape index (κ3) is 4.56. The number of hydrogen-bond acceptors (Lipinski definition) is 8. The van der Waals surface area contributed by atoms with E-state index in [1.807, 2.05) is 0 Å². The van der Waals surface area contributed by atoms with Gasteiger partial charge in [-0.3, -0.25) is 19.2 Å². The number of hydrogen-bond donors (Lipinski definition) is 0. The normalized spacial score (nSPS) is 45.7. The molecule has 0 aromatic heterocycles. The minimum atomic E-state index is -1.27. The van der Waals surface area contributed by atoms with Gasteiger partial charge in [-0.1, -0.05) is 0 Å². The minimum absolute atomic E-state index is 0.0971. The first kappa shape index (κ1) is 28.8. The maximum atomic E-state index is 13.8. The molecule has 3 atom stereocenters. The molecule has 8 bridgehead atoms. The van der Waals surface area contributed by atoms with E-state index in [4.69, 9.17) is 18.9 Å². The fraction of sp³-hybridized carbons (Fsp3) is 0.882. The van der Waals surface area contributed by atoms with Crippen molar-refractivity contribution in [2.75, 3.05) is 13.2 Å². The molecule has 0 amide bonds. The molecule has 0 aromatic rings. The highest BCUT2D eigenvalue weighted by Gasteiger charge is 2.62. The second-order valence-corrected chi connectivity index (χ2v) is 16.3. The van der Waals surface area contributed by atoms with Crippen molar-refractivity contribution in [2.24, 2.45) is 64.1 Å². The van der Waals surface area contributed by atoms with E-state index in [1.54, 1.807) is 20.8 Å². The molecule has 8 saturated carbocycles. The largest absolute Gasteiger partial charge is 0.463 e. The van der Waals surface area contributed by atoms with E-state index in [0.29, 0.717) is 29.6 Å². The monoisotopic (exact) mass is 584 g/mol. The molecule has 8 heteroatoms. The highest BCUT2D eigenvalue weighted by atomic mass is 16.6. The van der Waals surface area contributed by atoms with Crippen molar-refractivity contribution < 1.29 is 38.1 Å². The number of carbonyl (C=O) groups is 4. The topological polar surface area (TPSA) is 105 Å². The summed E-state index contributed by atoms with van der Waals surface area (Å²) in [6.07, 6.45) is 11.6. The average Bonchev–Trinajstić information content (AvgIpc) is 3.22. The van der Waals surface area contributed by atoms with Crippen LogP contribution in [0.3, 0.4) is 0 Å². The zero-order chi connectivity index (χ0) is 29.6. The number of ether oxygens (including phenoxy) is 4. The molecule has 42 heavy (non-hydrogen) atoms. The number of rotatable bonds is 9. The summed E-state index contributed by atoms with van der Waals surface area (Å²) in [6, 6.07) is 0. The molecule has 9 fully saturated rings. The maximum Gasteiger partial charge on any atom is 0.320 e. The van der Waals surface area contributed by atoms with Crippen LogP contribution in [0, 0.1) is 64.1 Å². The molecule has 0 spiro atoms. The summed E-state index contributed by atoms with van der Waals surface area (Å²) in [5.41, 5.74) is -2.13. The third-order valence-electron chi connectivity index (χ3n) is 13.1. The van der Waals surface area contributed by atoms with E-state index in [2.05, 4.69) is 6.92 Å². The quantitative estimate of drug-likeness (QED) is 0.157. The molecule has 0 aromatic carbocycles. The van der Waals surface area contributed by atoms with E-state index in [0.717, 1.165) is 56.8 Å². The first-order valence-electron chi connectivity index (χ1n) is 16.7. The summed E-state index contributed by atoms with van der Waals surface area (Å²) < 4.78 is 23.2. The summed E-state index contributed by atoms with van der Waals surface area (Å²) in [7, 11) is 0. The first-order chi connectivity index (χ1) is 19.9. The SMILES string of the molecule is CC(OCCOC(=O)C12CC3CC(CC(C3)C1)C2)C1C(=O)OC(=O)C1C(C)(C)C(=O)OC1(C)C2CC3CC(C2)CC1C3. The van der Waals surface area contributed by atoms with E-state index in [9.17, 15) is 19.2 Å². The lowest BCUT2D eigenvalue weighted by Gasteiger charge is -2.59. The summed E-state index contributed by atoms with van der Waals surface area (Å²) in [6.45, 7) is 7.39. The van der Waals surface area contributed by atoms with Gasteiger partial charge in [0.2, 0.25) is 0 Å². The molecular formula is C34H48O8. The van der Waals surface area contributed by atoms with Crippen molar-refractivity contribution in [3.8, 4) is 0 Å². The van der Waals surface area contributed by atoms with Gasteiger partial charge in [-0.15, -0.1) is 0 Å². The molecule has 8 aliphatic carbocycles. The van der Waals surface area contributed by atoms with E-state index in [1.165, 1.54) is 25.7 Å². The molecule has 1 heterocycles. The predicted octanol–water partition coefficient (Wildman–Crippen LogP) is 5.25. The zero-order valence-electron chi connectivity index (χ0n) is 25.7. The van der Waals surface area contributed by atoms with Crippen LogP contribution in [0.25, 0.3) is 0 Å². The summed E-state index contributed by atoms with van der Waals surface area (Å²) in [5.74, 6) is 0.270. The standard InChI is InChI=1S/C34H48O8/c1-18(39-5-6-40-31(38)34-15-21-8-22(16-34)10-23(9-21)17-34)26-27(29(36)41-28(26)35)32(2,3)30(37)42-33(4)24-11-19-7-20(13-24)14-25(33)12-19/h18-27H,5-17H2,1-4H3. The lowest BCUT2D eigenvalue weighted by atomic mass is 9.49. The molecule has 8 nitrogen and oxygen atoms in total. The highest BCUT2D eigenvalue weighted by Crippen LogP contribution is 2.61. The number of esters is 4. The fourth-order valence-electron chi connectivity index (χ4n) is 11.5. The van der Waals surface area contributed by atoms with Gasteiger partial charge >= 0.3 is 23.9 Å². The Morgan fingerprint density at radius 1 is 0.833 bits per heavy atom. The Morgan fingerprint density at radius 2 is 1.36 bits per heavy atom. The molecule has 1 saturated heterocycles. The molecule has 0 radical (unpaired) electrons. The van der Waals surface area contributed by atoms with Gasteiger partial charge < -0.3 is 18.9 Å². The van der Waals surface area contributed by atoms with E-state index >= 15 is 0 Å². The molecular weight excluding hydrogens is 536 g/mol. The van der Waals surface area contributed by atoms with Crippen LogP contribution in [-0.4, -0.2) is 48.8 Å². The van der Waals surface area contributed by atoms with Crippen molar-refractivity contribution in [1.82, 2.24) is 0 Å². The van der Waals surface area contributed by atoms with Crippen LogP contribution >= 0.6 is 0 Å². The van der Waals surface area contributed by atoms with Crippen LogP contribution < -0.4 is 0 Å². The second-order valence-electron chi connectivity index (χ2n) is 16.3. The molecule has 232 valence electrons. The lowest BCUT2D eigenvalue weighted by Crippen LogP contribution is -2.59. The first-order valence-corrected chi connectivity index (χ1v) is 16.7. The van der Waals surface area contributed by atoms with Gasteiger partial charge in [-0.2, -0.15) is 0 Å². The number of cyclic esters (lactones) is 2. The smallest absolute Gasteiger partial charge is 0.320 e. The van der Waals surface area contributed by atoms with Gasteiger partial charge in [0.25, 0.3) is 0 Å².